The van der Waals surface area contributed by atoms with Crippen molar-refractivity contribution in [3.63, 3.8) is 0 Å². The molecule has 0 heterocycles. The lowest BCUT2D eigenvalue weighted by Crippen LogP contribution is -2.31. The number of nitrogens with zero attached hydrogens (tertiary/aromatic N) is 1. The molecule has 1 unspecified atom stereocenters. The highest BCUT2D eigenvalue weighted by molar-refractivity contribution is 6.20. The molecule has 0 aromatic heterocycles. The van der Waals surface area contributed by atoms with Gasteiger partial charge in [0.25, 0.3) is 5.91 Å². The van der Waals surface area contributed by atoms with Gasteiger partial charge in [-0.1, -0.05) is 17.7 Å². The molecule has 1 aromatic carbocycles. The Labute approximate surface area is 102 Å². The third-order valence-corrected chi connectivity index (χ3v) is 2.63. The van der Waals surface area contributed by atoms with E-state index in [0.29, 0.717) is 6.54 Å². The van der Waals surface area contributed by atoms with Crippen molar-refractivity contribution < 1.29 is 4.79 Å². The molecule has 0 saturated heterocycles. The number of hydrogen-bond acceptors (Lipinski definition) is 1. The number of amides is 1. The normalized spacial score (nSPS) is 12.3. The second-order valence-corrected chi connectivity index (χ2v) is 5.03. The maximum atomic E-state index is 12.1. The Kier molecular flexibility index (Phi) is 4.36. The van der Waals surface area contributed by atoms with Crippen molar-refractivity contribution in [2.24, 2.45) is 0 Å². The molecule has 0 aliphatic rings. The summed E-state index contributed by atoms with van der Waals surface area (Å²) in [6.45, 7) is 6.38. The summed E-state index contributed by atoms with van der Waals surface area (Å²) in [6, 6.07) is 5.91. The number of carbonyl (C=O) groups is 1. The van der Waals surface area contributed by atoms with Crippen molar-refractivity contribution in [3.05, 3.63) is 34.9 Å². The molecule has 0 spiro atoms. The van der Waals surface area contributed by atoms with Gasteiger partial charge in [0.15, 0.2) is 0 Å². The predicted molar refractivity (Wildman–Crippen MR) is 68.2 cm³/mol. The first-order chi connectivity index (χ1) is 7.41. The largest absolute Gasteiger partial charge is 0.340 e. The van der Waals surface area contributed by atoms with Gasteiger partial charge in [-0.25, -0.2) is 0 Å². The Morgan fingerprint density at radius 2 is 2.06 bits per heavy atom. The minimum Gasteiger partial charge on any atom is -0.340 e. The highest BCUT2D eigenvalue weighted by atomic mass is 35.5. The zero-order chi connectivity index (χ0) is 12.3. The fraction of sp³-hybridized carbons (Fsp3) is 0.462. The zero-order valence-corrected chi connectivity index (χ0v) is 11.0. The summed E-state index contributed by atoms with van der Waals surface area (Å²) in [4.78, 5) is 13.8. The molecular weight excluding hydrogens is 222 g/mol. The predicted octanol–water partition coefficient (Wildman–Crippen LogP) is 3.00. The van der Waals surface area contributed by atoms with Gasteiger partial charge >= 0.3 is 0 Å². The molecule has 0 aliphatic heterocycles. The maximum Gasteiger partial charge on any atom is 0.253 e. The molecule has 0 radical (unpaired) electrons. The molecule has 1 rings (SSSR count). The second kappa shape index (κ2) is 5.35. The van der Waals surface area contributed by atoms with Crippen molar-refractivity contribution in [1.29, 1.82) is 0 Å². The van der Waals surface area contributed by atoms with Crippen LogP contribution in [0, 0.1) is 13.8 Å². The summed E-state index contributed by atoms with van der Waals surface area (Å²) in [6.07, 6.45) is 0. The van der Waals surface area contributed by atoms with Crippen molar-refractivity contribution in [1.82, 2.24) is 4.90 Å². The average Bonchev–Trinajstić information content (AvgIpc) is 2.19. The quantitative estimate of drug-likeness (QED) is 0.743. The van der Waals surface area contributed by atoms with Crippen LogP contribution in [0.5, 0.6) is 0 Å². The lowest BCUT2D eigenvalue weighted by Gasteiger charge is -2.19. The van der Waals surface area contributed by atoms with Crippen LogP contribution in [0.2, 0.25) is 0 Å². The molecule has 1 atom stereocenters. The first kappa shape index (κ1) is 13.0. The number of hydrogen-bond donors (Lipinski definition) is 0. The van der Waals surface area contributed by atoms with Gasteiger partial charge in [0.1, 0.15) is 0 Å². The van der Waals surface area contributed by atoms with Crippen LogP contribution < -0.4 is 0 Å². The van der Waals surface area contributed by atoms with Crippen LogP contribution in [0.3, 0.4) is 0 Å². The monoisotopic (exact) mass is 239 g/mol. The fourth-order valence-corrected chi connectivity index (χ4v) is 1.84. The average molecular weight is 240 g/mol. The van der Waals surface area contributed by atoms with Gasteiger partial charge in [-0.15, -0.1) is 11.6 Å². The van der Waals surface area contributed by atoms with Gasteiger partial charge in [0.2, 0.25) is 0 Å². The van der Waals surface area contributed by atoms with Crippen LogP contribution >= 0.6 is 11.6 Å². The molecule has 0 N–H and O–H groups in total. The van der Waals surface area contributed by atoms with E-state index in [1.807, 2.05) is 39.0 Å². The summed E-state index contributed by atoms with van der Waals surface area (Å²) in [5, 5.41) is -0.0286. The van der Waals surface area contributed by atoms with Crippen LogP contribution in [0.4, 0.5) is 0 Å². The van der Waals surface area contributed by atoms with Crippen molar-refractivity contribution in [2.45, 2.75) is 26.1 Å². The summed E-state index contributed by atoms with van der Waals surface area (Å²) >= 11 is 5.88. The van der Waals surface area contributed by atoms with E-state index in [4.69, 9.17) is 11.6 Å². The standard InChI is InChI=1S/C13H18ClNO/c1-9-5-6-10(2)12(7-9)13(16)15(4)8-11(3)14/h5-7,11H,8H2,1-4H3. The molecule has 88 valence electrons. The SMILES string of the molecule is Cc1ccc(C)c(C(=O)N(C)CC(C)Cl)c1. The maximum absolute atomic E-state index is 12.1. The van der Waals surface area contributed by atoms with Gasteiger partial charge in [0, 0.05) is 24.5 Å². The lowest BCUT2D eigenvalue weighted by atomic mass is 10.0. The highest BCUT2D eigenvalue weighted by Gasteiger charge is 2.15. The molecular formula is C13H18ClNO. The zero-order valence-electron chi connectivity index (χ0n) is 10.2. The topological polar surface area (TPSA) is 20.3 Å². The summed E-state index contributed by atoms with van der Waals surface area (Å²) in [5.41, 5.74) is 2.87. The molecule has 0 aliphatic carbocycles. The fourth-order valence-electron chi connectivity index (χ4n) is 1.63. The van der Waals surface area contributed by atoms with Crippen LogP contribution in [0.15, 0.2) is 18.2 Å². The summed E-state index contributed by atoms with van der Waals surface area (Å²) in [7, 11) is 1.78. The van der Waals surface area contributed by atoms with Gasteiger partial charge in [-0.3, -0.25) is 4.79 Å². The third-order valence-electron chi connectivity index (χ3n) is 2.50. The van der Waals surface area contributed by atoms with E-state index >= 15 is 0 Å². The van der Waals surface area contributed by atoms with Gasteiger partial charge in [-0.2, -0.15) is 0 Å². The second-order valence-electron chi connectivity index (χ2n) is 4.28. The molecule has 0 fully saturated rings. The minimum absolute atomic E-state index is 0.0286. The number of halogens is 1. The molecule has 16 heavy (non-hydrogen) atoms. The van der Waals surface area contributed by atoms with E-state index in [1.54, 1.807) is 11.9 Å². The van der Waals surface area contributed by atoms with Crippen molar-refractivity contribution in [2.75, 3.05) is 13.6 Å². The summed E-state index contributed by atoms with van der Waals surface area (Å²) in [5.74, 6) is 0.0358. The first-order valence-electron chi connectivity index (χ1n) is 5.38. The molecule has 1 amide bonds. The lowest BCUT2D eigenvalue weighted by molar-refractivity contribution is 0.0795. The smallest absolute Gasteiger partial charge is 0.253 e. The Balaban J connectivity index is 2.91. The molecule has 0 bridgehead atoms. The van der Waals surface area contributed by atoms with E-state index in [-0.39, 0.29) is 11.3 Å². The van der Waals surface area contributed by atoms with Crippen LogP contribution in [-0.2, 0) is 0 Å². The van der Waals surface area contributed by atoms with E-state index in [0.717, 1.165) is 16.7 Å². The Morgan fingerprint density at radius 1 is 1.44 bits per heavy atom. The highest BCUT2D eigenvalue weighted by Crippen LogP contribution is 2.13. The number of alkyl halides is 1. The van der Waals surface area contributed by atoms with Gasteiger partial charge in [0.05, 0.1) is 0 Å². The number of aryl methyl sites for hydroxylation is 2. The van der Waals surface area contributed by atoms with E-state index in [9.17, 15) is 4.79 Å². The van der Waals surface area contributed by atoms with E-state index in [2.05, 4.69) is 0 Å². The van der Waals surface area contributed by atoms with E-state index in [1.165, 1.54) is 0 Å². The Morgan fingerprint density at radius 3 is 2.62 bits per heavy atom. The van der Waals surface area contributed by atoms with E-state index < -0.39 is 0 Å². The molecule has 3 heteroatoms. The molecule has 0 saturated carbocycles. The number of rotatable bonds is 3. The Bertz CT molecular complexity index is 388. The van der Waals surface area contributed by atoms with Gasteiger partial charge in [-0.05, 0) is 32.4 Å². The number of benzene rings is 1. The number of carbonyl (C=O) groups excluding carboxylic acids is 1. The van der Waals surface area contributed by atoms with Crippen LogP contribution in [0.25, 0.3) is 0 Å². The first-order valence-corrected chi connectivity index (χ1v) is 5.82. The molecule has 2 nitrogen and oxygen atoms in total. The minimum atomic E-state index is -0.0286. The molecule has 1 aromatic rings. The summed E-state index contributed by atoms with van der Waals surface area (Å²) < 4.78 is 0. The van der Waals surface area contributed by atoms with Gasteiger partial charge < -0.3 is 4.90 Å². The van der Waals surface area contributed by atoms with Crippen LogP contribution in [-0.4, -0.2) is 29.8 Å². The van der Waals surface area contributed by atoms with Crippen molar-refractivity contribution >= 4 is 17.5 Å². The third kappa shape index (κ3) is 3.24. The van der Waals surface area contributed by atoms with Crippen molar-refractivity contribution in [3.8, 4) is 0 Å². The van der Waals surface area contributed by atoms with Crippen LogP contribution in [0.1, 0.15) is 28.4 Å². The Hall–Kier alpha value is -1.02.